The molecular formula is C21H25ClN2O3S2. The molecule has 3 rings (SSSR count). The number of nitrogens with zero attached hydrogens (tertiary/aromatic N) is 2. The lowest BCUT2D eigenvalue weighted by Gasteiger charge is -2.26. The molecule has 156 valence electrons. The molecule has 1 aromatic heterocycles. The second-order valence-corrected chi connectivity index (χ2v) is 10.9. The van der Waals surface area contributed by atoms with Crippen molar-refractivity contribution in [3.8, 4) is 0 Å². The van der Waals surface area contributed by atoms with Crippen LogP contribution in [0.1, 0.15) is 40.1 Å². The number of hydrogen-bond donors (Lipinski definition) is 0. The lowest BCUT2D eigenvalue weighted by molar-refractivity contribution is 0.0763. The highest BCUT2D eigenvalue weighted by molar-refractivity contribution is 7.89. The fourth-order valence-corrected chi connectivity index (χ4v) is 6.06. The van der Waals surface area contributed by atoms with Crippen molar-refractivity contribution in [1.82, 2.24) is 9.21 Å². The van der Waals surface area contributed by atoms with Gasteiger partial charge in [0.25, 0.3) is 5.91 Å². The maximum Gasteiger partial charge on any atom is 0.254 e. The number of carbonyl (C=O) groups is 1. The Morgan fingerprint density at radius 2 is 1.97 bits per heavy atom. The van der Waals surface area contributed by atoms with E-state index in [-0.39, 0.29) is 10.8 Å². The second-order valence-electron chi connectivity index (χ2n) is 7.12. The van der Waals surface area contributed by atoms with E-state index in [1.807, 2.05) is 13.0 Å². The normalized spacial score (nSPS) is 15.2. The van der Waals surface area contributed by atoms with Crippen LogP contribution in [0, 0.1) is 6.92 Å². The molecule has 0 aliphatic carbocycles. The second kappa shape index (κ2) is 9.43. The maximum absolute atomic E-state index is 13.3. The van der Waals surface area contributed by atoms with Gasteiger partial charge in [-0.1, -0.05) is 30.2 Å². The Balaban J connectivity index is 1.90. The average molecular weight is 453 g/mol. The summed E-state index contributed by atoms with van der Waals surface area (Å²) < 4.78 is 28.3. The highest BCUT2D eigenvalue weighted by atomic mass is 35.5. The summed E-state index contributed by atoms with van der Waals surface area (Å²) in [5.74, 6) is -0.220. The van der Waals surface area contributed by atoms with Gasteiger partial charge in [-0.05, 0) is 49.6 Å². The van der Waals surface area contributed by atoms with Crippen LogP contribution in [0.25, 0.3) is 0 Å². The molecule has 0 N–H and O–H groups in total. The number of hydrogen-bond acceptors (Lipinski definition) is 4. The van der Waals surface area contributed by atoms with E-state index in [1.165, 1.54) is 21.7 Å². The minimum Gasteiger partial charge on any atom is -0.330 e. The highest BCUT2D eigenvalue weighted by Crippen LogP contribution is 2.26. The molecule has 1 amide bonds. The predicted octanol–water partition coefficient (Wildman–Crippen LogP) is 4.71. The average Bonchev–Trinajstić information content (AvgIpc) is 3.12. The number of piperidine rings is 1. The van der Waals surface area contributed by atoms with Gasteiger partial charge < -0.3 is 4.90 Å². The van der Waals surface area contributed by atoms with Crippen LogP contribution in [0.4, 0.5) is 0 Å². The molecule has 1 aromatic carbocycles. The van der Waals surface area contributed by atoms with Crippen molar-refractivity contribution in [3.63, 3.8) is 0 Å². The number of carbonyl (C=O) groups excluding carboxylic acids is 1. The van der Waals surface area contributed by atoms with Crippen LogP contribution >= 0.6 is 22.9 Å². The number of amides is 1. The molecular weight excluding hydrogens is 428 g/mol. The molecule has 0 atom stereocenters. The Morgan fingerprint density at radius 3 is 2.59 bits per heavy atom. The first-order valence-corrected chi connectivity index (χ1v) is 12.2. The van der Waals surface area contributed by atoms with Gasteiger partial charge in [-0.2, -0.15) is 4.31 Å². The summed E-state index contributed by atoms with van der Waals surface area (Å²) in [5.41, 5.74) is 1.14. The molecule has 0 bridgehead atoms. The molecule has 2 aromatic rings. The Bertz CT molecular complexity index is 995. The maximum atomic E-state index is 13.3. The standard InChI is InChI=1S/C21H25ClN2O3S2/c1-3-11-23(15-17-8-10-20(22)28-17)21(25)19-14-18(9-7-16(19)2)29(26,27)24-12-5-4-6-13-24/h3,7-10,14H,1,4-6,11-13,15H2,2H3. The number of halogens is 1. The molecule has 1 aliphatic heterocycles. The van der Waals surface area contributed by atoms with Crippen molar-refractivity contribution in [2.45, 2.75) is 37.6 Å². The topological polar surface area (TPSA) is 57.7 Å². The van der Waals surface area contributed by atoms with E-state index in [0.29, 0.717) is 36.1 Å². The number of rotatable bonds is 7. The molecule has 0 unspecified atom stereocenters. The van der Waals surface area contributed by atoms with Crippen molar-refractivity contribution in [3.05, 3.63) is 63.3 Å². The quantitative estimate of drug-likeness (QED) is 0.571. The van der Waals surface area contributed by atoms with Crippen LogP contribution in [0.3, 0.4) is 0 Å². The molecule has 1 aliphatic rings. The van der Waals surface area contributed by atoms with Gasteiger partial charge in [0.1, 0.15) is 0 Å². The number of thiophene rings is 1. The van der Waals surface area contributed by atoms with Crippen molar-refractivity contribution in [1.29, 1.82) is 0 Å². The Kier molecular flexibility index (Phi) is 7.16. The lowest BCUT2D eigenvalue weighted by atomic mass is 10.1. The lowest BCUT2D eigenvalue weighted by Crippen LogP contribution is -2.36. The van der Waals surface area contributed by atoms with Crippen molar-refractivity contribution < 1.29 is 13.2 Å². The summed E-state index contributed by atoms with van der Waals surface area (Å²) in [6, 6.07) is 8.50. The van der Waals surface area contributed by atoms with E-state index in [2.05, 4.69) is 6.58 Å². The zero-order chi connectivity index (χ0) is 21.0. The van der Waals surface area contributed by atoms with Crippen LogP contribution in [-0.4, -0.2) is 43.2 Å². The van der Waals surface area contributed by atoms with Crippen molar-refractivity contribution >= 4 is 38.9 Å². The minimum absolute atomic E-state index is 0.172. The minimum atomic E-state index is -3.60. The van der Waals surface area contributed by atoms with E-state index < -0.39 is 10.0 Å². The largest absolute Gasteiger partial charge is 0.330 e. The van der Waals surface area contributed by atoms with Gasteiger partial charge >= 0.3 is 0 Å². The summed E-state index contributed by atoms with van der Waals surface area (Å²) in [6.45, 7) is 7.37. The van der Waals surface area contributed by atoms with Gasteiger partial charge in [-0.3, -0.25) is 4.79 Å². The molecule has 1 saturated heterocycles. The Hall–Kier alpha value is -1.67. The van der Waals surface area contributed by atoms with Gasteiger partial charge in [0.2, 0.25) is 10.0 Å². The Morgan fingerprint density at radius 1 is 1.24 bits per heavy atom. The summed E-state index contributed by atoms with van der Waals surface area (Å²) in [5, 5.41) is 0. The third-order valence-electron chi connectivity index (χ3n) is 5.00. The Labute approximate surface area is 181 Å². The predicted molar refractivity (Wildman–Crippen MR) is 118 cm³/mol. The van der Waals surface area contributed by atoms with Crippen molar-refractivity contribution in [2.24, 2.45) is 0 Å². The van der Waals surface area contributed by atoms with Crippen LogP contribution in [-0.2, 0) is 16.6 Å². The highest BCUT2D eigenvalue weighted by Gasteiger charge is 2.28. The molecule has 5 nitrogen and oxygen atoms in total. The van der Waals surface area contributed by atoms with E-state index >= 15 is 0 Å². The third kappa shape index (κ3) is 5.09. The number of sulfonamides is 1. The molecule has 0 radical (unpaired) electrons. The molecule has 8 heteroatoms. The third-order valence-corrected chi connectivity index (χ3v) is 8.12. The fraction of sp³-hybridized carbons (Fsp3) is 0.381. The van der Waals surface area contributed by atoms with E-state index in [1.54, 1.807) is 29.2 Å². The zero-order valence-corrected chi connectivity index (χ0v) is 18.8. The van der Waals surface area contributed by atoms with Gasteiger partial charge in [-0.25, -0.2) is 8.42 Å². The van der Waals surface area contributed by atoms with E-state index in [4.69, 9.17) is 11.6 Å². The van der Waals surface area contributed by atoms with Gasteiger partial charge in [0, 0.05) is 30.1 Å². The van der Waals surface area contributed by atoms with Crippen LogP contribution in [0.5, 0.6) is 0 Å². The van der Waals surface area contributed by atoms with Crippen LogP contribution < -0.4 is 0 Å². The van der Waals surface area contributed by atoms with Gasteiger partial charge in [0.05, 0.1) is 15.8 Å². The molecule has 1 fully saturated rings. The van der Waals surface area contributed by atoms with Crippen LogP contribution in [0.15, 0.2) is 47.9 Å². The summed E-state index contributed by atoms with van der Waals surface area (Å²) in [6.07, 6.45) is 4.45. The SMILES string of the molecule is C=CCN(Cc1ccc(Cl)s1)C(=O)c1cc(S(=O)(=O)N2CCCCC2)ccc1C. The van der Waals surface area contributed by atoms with Gasteiger partial charge in [-0.15, -0.1) is 17.9 Å². The molecule has 0 spiro atoms. The molecule has 0 saturated carbocycles. The van der Waals surface area contributed by atoms with E-state index in [0.717, 1.165) is 29.7 Å². The summed E-state index contributed by atoms with van der Waals surface area (Å²) in [4.78, 5) is 16.0. The fourth-order valence-electron chi connectivity index (χ4n) is 3.42. The van der Waals surface area contributed by atoms with Crippen molar-refractivity contribution in [2.75, 3.05) is 19.6 Å². The first-order chi connectivity index (χ1) is 13.8. The summed E-state index contributed by atoms with van der Waals surface area (Å²) in [7, 11) is -3.60. The van der Waals surface area contributed by atoms with Gasteiger partial charge in [0.15, 0.2) is 0 Å². The zero-order valence-electron chi connectivity index (χ0n) is 16.4. The molecule has 2 heterocycles. The number of aryl methyl sites for hydroxylation is 1. The first kappa shape index (κ1) is 22.0. The molecule has 29 heavy (non-hydrogen) atoms. The van der Waals surface area contributed by atoms with Crippen LogP contribution in [0.2, 0.25) is 4.34 Å². The first-order valence-electron chi connectivity index (χ1n) is 9.58. The summed E-state index contributed by atoms with van der Waals surface area (Å²) >= 11 is 7.43. The smallest absolute Gasteiger partial charge is 0.254 e. The number of benzene rings is 1. The monoisotopic (exact) mass is 452 g/mol. The van der Waals surface area contributed by atoms with E-state index in [9.17, 15) is 13.2 Å².